The smallest absolute Gasteiger partial charge is 0.420 e. The number of aromatic amines is 1. The van der Waals surface area contributed by atoms with Crippen LogP contribution < -0.4 is 22.0 Å². The van der Waals surface area contributed by atoms with Crippen molar-refractivity contribution in [2.45, 2.75) is 0 Å². The predicted octanol–water partition coefficient (Wildman–Crippen LogP) is 0.605. The van der Waals surface area contributed by atoms with Crippen molar-refractivity contribution in [1.29, 1.82) is 0 Å². The van der Waals surface area contributed by atoms with Crippen LogP contribution in [0.4, 0.5) is 5.00 Å². The highest BCUT2D eigenvalue weighted by molar-refractivity contribution is 7.16. The summed E-state index contributed by atoms with van der Waals surface area (Å²) >= 11 is 2.67. The Kier molecular flexibility index (Phi) is 8.03. The molecule has 0 bridgehead atoms. The number of carbonyl (C=O) groups is 3. The summed E-state index contributed by atoms with van der Waals surface area (Å²) in [6.07, 6.45) is 0. The number of aromatic nitrogens is 1. The third-order valence-corrected chi connectivity index (χ3v) is 5.15. The van der Waals surface area contributed by atoms with Gasteiger partial charge in [-0.15, -0.1) is 22.7 Å². The first-order valence-electron chi connectivity index (χ1n) is 8.32. The van der Waals surface area contributed by atoms with E-state index in [1.165, 1.54) is 27.6 Å². The van der Waals surface area contributed by atoms with Gasteiger partial charge >= 0.3 is 17.4 Å². The summed E-state index contributed by atoms with van der Waals surface area (Å²) in [5.41, 5.74) is 0.00310. The molecule has 0 atom stereocenters. The minimum absolute atomic E-state index is 0.0417. The maximum Gasteiger partial charge on any atom is 0.420 e. The average Bonchev–Trinajstić information content (AvgIpc) is 3.29. The Bertz CT molecular complexity index is 1160. The number of rotatable bonds is 2. The van der Waals surface area contributed by atoms with E-state index in [0.29, 0.717) is 20.8 Å². The van der Waals surface area contributed by atoms with Crippen molar-refractivity contribution in [3.05, 3.63) is 49.4 Å². The highest BCUT2D eigenvalue weighted by atomic mass is 32.1. The largest absolute Gasteiger partial charge is 0.480 e. The van der Waals surface area contributed by atoms with E-state index in [1.807, 2.05) is 0 Å². The van der Waals surface area contributed by atoms with Crippen LogP contribution in [0, 0.1) is 0 Å². The van der Waals surface area contributed by atoms with Crippen molar-refractivity contribution in [3.63, 3.8) is 0 Å². The minimum atomic E-state index is -0.822. The molecule has 4 heterocycles. The van der Waals surface area contributed by atoms with E-state index in [-0.39, 0.29) is 24.9 Å². The summed E-state index contributed by atoms with van der Waals surface area (Å²) in [4.78, 5) is 58.2. The van der Waals surface area contributed by atoms with Gasteiger partial charge in [0.1, 0.15) is 9.83 Å². The lowest BCUT2D eigenvalue weighted by Gasteiger charge is -2.11. The van der Waals surface area contributed by atoms with Crippen LogP contribution >= 0.6 is 22.7 Å². The molecule has 0 fully saturated rings. The van der Waals surface area contributed by atoms with E-state index < -0.39 is 17.4 Å². The zero-order valence-corrected chi connectivity index (χ0v) is 17.5. The zero-order chi connectivity index (χ0) is 22.3. The van der Waals surface area contributed by atoms with E-state index in [2.05, 4.69) is 20.0 Å². The van der Waals surface area contributed by atoms with Crippen molar-refractivity contribution in [2.75, 3.05) is 32.5 Å². The monoisotopic (exact) mass is 454 g/mol. The number of fused-ring (bicyclic) bond motifs is 2. The number of H-pyrrole nitrogens is 1. The average molecular weight is 454 g/mol. The summed E-state index contributed by atoms with van der Waals surface area (Å²) in [5.74, 6) is -1.77. The SMILES string of the molecule is CN1CC(=O)Nc2sccc2C1=O.CNCC(=O)O.O=c1[nH]c2sccc2c(=O)o1. The molecule has 160 valence electrons. The summed E-state index contributed by atoms with van der Waals surface area (Å²) in [7, 11) is 3.21. The lowest BCUT2D eigenvalue weighted by molar-refractivity contribution is -0.135. The number of hydrogen-bond donors (Lipinski definition) is 4. The molecule has 11 nitrogen and oxygen atoms in total. The van der Waals surface area contributed by atoms with Crippen LogP contribution in [-0.4, -0.2) is 60.0 Å². The number of thiophene rings is 2. The number of anilines is 1. The van der Waals surface area contributed by atoms with Crippen LogP contribution in [-0.2, 0) is 9.59 Å². The van der Waals surface area contributed by atoms with Crippen LogP contribution in [0.2, 0.25) is 0 Å². The molecule has 0 aliphatic carbocycles. The van der Waals surface area contributed by atoms with E-state index in [9.17, 15) is 24.0 Å². The predicted molar refractivity (Wildman–Crippen MR) is 112 cm³/mol. The number of likely N-dealkylation sites (N-methyl/N-ethyl adjacent to an activating group) is 2. The van der Waals surface area contributed by atoms with Gasteiger partial charge in [-0.05, 0) is 29.9 Å². The molecule has 4 rings (SSSR count). The molecule has 3 aromatic rings. The van der Waals surface area contributed by atoms with Gasteiger partial charge in [0.25, 0.3) is 5.91 Å². The maximum atomic E-state index is 11.6. The fourth-order valence-electron chi connectivity index (χ4n) is 2.21. The standard InChI is InChI=1S/C8H8N2O2S.C6H3NO3S.C3H7NO2/c1-10-4-6(11)9-7-5(8(10)12)2-3-13-7;8-5-3-1-2-11-4(3)7-6(9)10-5;1-4-2-3(5)6/h2-3H,4H2,1H3,(H,9,11);1-2H,(H,7,9);4H,2H2,1H3,(H,5,6). The summed E-state index contributed by atoms with van der Waals surface area (Å²) < 4.78 is 4.29. The van der Waals surface area contributed by atoms with Crippen LogP contribution in [0.1, 0.15) is 10.4 Å². The maximum absolute atomic E-state index is 11.6. The fourth-order valence-corrected chi connectivity index (χ4v) is 3.76. The molecule has 0 radical (unpaired) electrons. The van der Waals surface area contributed by atoms with Gasteiger partial charge in [0.15, 0.2) is 0 Å². The number of carboxylic acid groups (broad SMARTS) is 1. The van der Waals surface area contributed by atoms with Gasteiger partial charge in [-0.1, -0.05) is 0 Å². The number of hydrogen-bond acceptors (Lipinski definition) is 9. The summed E-state index contributed by atoms with van der Waals surface area (Å²) in [6.45, 7) is 0.167. The first-order chi connectivity index (χ1) is 14.2. The van der Waals surface area contributed by atoms with Gasteiger partial charge in [-0.3, -0.25) is 19.4 Å². The van der Waals surface area contributed by atoms with Crippen molar-refractivity contribution in [3.8, 4) is 0 Å². The van der Waals surface area contributed by atoms with Gasteiger partial charge in [0.2, 0.25) is 5.91 Å². The Hall–Kier alpha value is -3.29. The van der Waals surface area contributed by atoms with Crippen LogP contribution in [0.15, 0.2) is 36.9 Å². The number of nitrogens with one attached hydrogen (secondary N) is 3. The second kappa shape index (κ2) is 10.5. The lowest BCUT2D eigenvalue weighted by atomic mass is 10.3. The molecule has 0 saturated carbocycles. The Balaban J connectivity index is 0.000000172. The summed E-state index contributed by atoms with van der Waals surface area (Å²) in [6, 6.07) is 3.34. The molecule has 0 saturated heterocycles. The number of aliphatic carboxylic acids is 1. The molecule has 13 heteroatoms. The molecule has 3 aromatic heterocycles. The molecular weight excluding hydrogens is 436 g/mol. The quantitative estimate of drug-likeness (QED) is 0.438. The van der Waals surface area contributed by atoms with E-state index in [1.54, 1.807) is 37.0 Å². The molecule has 0 unspecified atom stereocenters. The highest BCUT2D eigenvalue weighted by Crippen LogP contribution is 2.26. The Morgan fingerprint density at radius 2 is 1.93 bits per heavy atom. The molecule has 1 aliphatic rings. The van der Waals surface area contributed by atoms with Crippen molar-refractivity contribution in [1.82, 2.24) is 15.2 Å². The van der Waals surface area contributed by atoms with E-state index in [0.717, 1.165) is 0 Å². The molecule has 0 aromatic carbocycles. The van der Waals surface area contributed by atoms with Gasteiger partial charge in [0, 0.05) is 7.05 Å². The van der Waals surface area contributed by atoms with Crippen molar-refractivity contribution in [2.24, 2.45) is 0 Å². The third-order valence-electron chi connectivity index (χ3n) is 3.49. The van der Waals surface area contributed by atoms with Gasteiger partial charge in [-0.2, -0.15) is 0 Å². The second-order valence-corrected chi connectivity index (χ2v) is 7.59. The summed E-state index contributed by atoms with van der Waals surface area (Å²) in [5, 5.41) is 17.6. The van der Waals surface area contributed by atoms with Gasteiger partial charge in [-0.25, -0.2) is 9.59 Å². The number of amides is 2. The minimum Gasteiger partial charge on any atom is -0.480 e. The van der Waals surface area contributed by atoms with E-state index in [4.69, 9.17) is 5.11 Å². The molecule has 1 aliphatic heterocycles. The van der Waals surface area contributed by atoms with Gasteiger partial charge < -0.3 is 25.1 Å². The number of nitrogens with zero attached hydrogens (tertiary/aromatic N) is 1. The zero-order valence-electron chi connectivity index (χ0n) is 15.9. The fraction of sp³-hybridized carbons (Fsp3) is 0.235. The van der Waals surface area contributed by atoms with Crippen molar-refractivity contribution >= 4 is 55.7 Å². The third kappa shape index (κ3) is 6.10. The molecular formula is C17H18N4O7S2. The van der Waals surface area contributed by atoms with Crippen molar-refractivity contribution < 1.29 is 23.9 Å². The van der Waals surface area contributed by atoms with Crippen LogP contribution in [0.5, 0.6) is 0 Å². The van der Waals surface area contributed by atoms with Crippen LogP contribution in [0.3, 0.4) is 0 Å². The normalized spacial score (nSPS) is 12.7. The van der Waals surface area contributed by atoms with Gasteiger partial charge in [0.05, 0.1) is 24.0 Å². The topological polar surface area (TPSA) is 162 Å². The molecule has 30 heavy (non-hydrogen) atoms. The van der Waals surface area contributed by atoms with E-state index >= 15 is 0 Å². The lowest BCUT2D eigenvalue weighted by Crippen LogP contribution is -2.31. The highest BCUT2D eigenvalue weighted by Gasteiger charge is 2.23. The van der Waals surface area contributed by atoms with Crippen LogP contribution in [0.25, 0.3) is 10.2 Å². The Labute approximate surface area is 176 Å². The second-order valence-electron chi connectivity index (χ2n) is 5.76. The number of carboxylic acids is 1. The first kappa shape index (κ1) is 23.0. The molecule has 2 amide bonds. The Morgan fingerprint density at radius 3 is 2.57 bits per heavy atom. The first-order valence-corrected chi connectivity index (χ1v) is 10.1. The molecule has 4 N–H and O–H groups in total. The number of carbonyl (C=O) groups excluding carboxylic acids is 2. The molecule has 0 spiro atoms. The Morgan fingerprint density at radius 1 is 1.23 bits per heavy atom.